The van der Waals surface area contributed by atoms with Crippen LogP contribution in [0, 0.1) is 13.8 Å². The Morgan fingerprint density at radius 2 is 0.651 bits per heavy atom. The van der Waals surface area contributed by atoms with E-state index in [-0.39, 0.29) is 0 Å². The summed E-state index contributed by atoms with van der Waals surface area (Å²) >= 11 is 1.84. The monoisotopic (exact) mass is 1650 g/mol. The Morgan fingerprint density at radius 1 is 0.262 bits per heavy atom. The number of pyridine rings is 1. The van der Waals surface area contributed by atoms with Gasteiger partial charge in [-0.3, -0.25) is 9.67 Å². The smallest absolute Gasteiger partial charge is 0.151 e. The van der Waals surface area contributed by atoms with Crippen molar-refractivity contribution in [3.63, 3.8) is 0 Å². The first-order valence-electron chi connectivity index (χ1n) is 42.6. The molecule has 13 heteroatoms. The quantitative estimate of drug-likeness (QED) is 0.149. The Balaban J connectivity index is 0.0000000942. The van der Waals surface area contributed by atoms with E-state index in [0.29, 0.717) is 0 Å². The first kappa shape index (κ1) is 80.3. The highest BCUT2D eigenvalue weighted by Crippen LogP contribution is 2.48. The number of rotatable bonds is 0. The minimum Gasteiger partial charge on any atom is -0.453 e. The van der Waals surface area contributed by atoms with Gasteiger partial charge in [-0.15, -0.1) is 0 Å². The molecule has 23 aromatic rings. The Morgan fingerprint density at radius 3 is 1.25 bits per heavy atom. The lowest BCUT2D eigenvalue weighted by atomic mass is 10.0. The molecular formula is C113H95N11OS. The minimum atomic E-state index is 0.915. The molecule has 0 unspecified atom stereocenters. The molecule has 12 nitrogen and oxygen atoms in total. The van der Waals surface area contributed by atoms with Gasteiger partial charge >= 0.3 is 0 Å². The number of nitrogens with zero attached hydrogens (tertiary/aromatic N) is 11. The third-order valence-corrected chi connectivity index (χ3v) is 25.7. The highest BCUT2D eigenvalue weighted by molar-refractivity contribution is 7.99. The fourth-order valence-corrected chi connectivity index (χ4v) is 19.1. The van der Waals surface area contributed by atoms with E-state index in [0.717, 1.165) is 45.4 Å². The summed E-state index contributed by atoms with van der Waals surface area (Å²) in [6.07, 6.45) is 6.20. The number of aryl methyl sites for hydroxylation is 7. The van der Waals surface area contributed by atoms with E-state index in [4.69, 9.17) is 4.74 Å². The second-order valence-electron chi connectivity index (χ2n) is 32.0. The van der Waals surface area contributed by atoms with Crippen LogP contribution < -0.4 is 19.4 Å². The van der Waals surface area contributed by atoms with Gasteiger partial charge in [-0.05, 0) is 184 Å². The summed E-state index contributed by atoms with van der Waals surface area (Å²) in [6.45, 7) is 4.10. The molecule has 0 fully saturated rings. The molecule has 0 radical (unpaired) electrons. The number of imidazole rings is 1. The summed E-state index contributed by atoms with van der Waals surface area (Å²) in [5.74, 6) is 2.89. The van der Waals surface area contributed by atoms with Crippen LogP contribution in [0.4, 0.5) is 34.1 Å². The second-order valence-corrected chi connectivity index (χ2v) is 33.0. The molecule has 0 saturated heterocycles. The van der Waals surface area contributed by atoms with Crippen molar-refractivity contribution in [3.05, 3.63) is 405 Å². The summed E-state index contributed by atoms with van der Waals surface area (Å²) in [4.78, 5) is 18.3. The summed E-state index contributed by atoms with van der Waals surface area (Å²) < 4.78 is 16.6. The van der Waals surface area contributed by atoms with E-state index in [1.807, 2.05) is 79.1 Å². The number of anilines is 6. The van der Waals surface area contributed by atoms with Crippen molar-refractivity contribution in [1.82, 2.24) is 38.0 Å². The fraction of sp³-hybridized carbons (Fsp3) is 0.0885. The standard InChI is InChI=1S/2C17H13N.C15H13N.2C13H12N2.C13H11NO.C13H11NS.C12H10N2/c1-18-16-9-5-4-8-14(16)15-10-12-6-2-3-7-13(12)11-17(15)18;1-18-15-9-5-4-8-14(15)17-13-7-3-2-6-12(13)10-11-16(17)18;1-16-14-8-4-2-6-12(14)10-11-13-7-3-5-9-15(13)16;1-9-14-13-11-6-4-3-5-10(11)7-8-12(13)15(9)2;1-9-13-11-6-4-3-5-10(11)7-8-12(13)15(2)14-9;2*1-14-10-6-2-4-8-12(10)15-13-9-5-3-7-11(13)14;1-14-10-6-3-2-5-9(10)12-11(14)7-4-8-13-12/h2*2-11H,1H3;2-11H,1H3;2*3-8H,1-2H3;2*2-9H,1H3;2-8H,1H3. The van der Waals surface area contributed by atoms with Crippen LogP contribution in [0.5, 0.6) is 11.5 Å². The Hall–Kier alpha value is -15.4. The number of ether oxygens (including phenoxy) is 1. The molecule has 6 aromatic heterocycles. The first-order chi connectivity index (χ1) is 61.7. The van der Waals surface area contributed by atoms with Crippen molar-refractivity contribution < 1.29 is 4.74 Å². The molecule has 614 valence electrons. The lowest BCUT2D eigenvalue weighted by molar-refractivity contribution is 0.475. The van der Waals surface area contributed by atoms with E-state index in [9.17, 15) is 0 Å². The molecule has 0 spiro atoms. The molecule has 0 saturated carbocycles. The van der Waals surface area contributed by atoms with Gasteiger partial charge in [0.2, 0.25) is 0 Å². The topological polar surface area (TPSA) is 82.3 Å². The average molecular weight is 1660 g/mol. The molecule has 0 amide bonds. The molecule has 0 bridgehead atoms. The molecule has 3 aliphatic rings. The molecule has 17 aromatic carbocycles. The van der Waals surface area contributed by atoms with Gasteiger partial charge in [-0.25, -0.2) is 4.98 Å². The van der Waals surface area contributed by atoms with Crippen LogP contribution in [-0.2, 0) is 35.2 Å². The number of fused-ring (bicyclic) bond motifs is 24. The van der Waals surface area contributed by atoms with Crippen LogP contribution in [-0.4, -0.2) is 59.2 Å². The first-order valence-corrected chi connectivity index (χ1v) is 43.4. The Labute approximate surface area is 737 Å². The van der Waals surface area contributed by atoms with Gasteiger partial charge < -0.3 is 37.7 Å². The predicted octanol–water partition coefficient (Wildman–Crippen LogP) is 29.2. The fourth-order valence-electron chi connectivity index (χ4n) is 18.0. The number of benzene rings is 17. The third-order valence-electron chi connectivity index (χ3n) is 24.6. The van der Waals surface area contributed by atoms with Crippen LogP contribution in [0.3, 0.4) is 0 Å². The largest absolute Gasteiger partial charge is 0.453 e. The van der Waals surface area contributed by atoms with Crippen molar-refractivity contribution >= 4 is 189 Å². The van der Waals surface area contributed by atoms with Crippen molar-refractivity contribution in [2.45, 2.75) is 23.6 Å². The summed E-state index contributed by atoms with van der Waals surface area (Å²) in [7, 11) is 16.7. The molecule has 0 atom stereocenters. The Kier molecular flexibility index (Phi) is 22.2. The van der Waals surface area contributed by atoms with Crippen LogP contribution in [0.1, 0.15) is 22.6 Å². The molecular weight excluding hydrogens is 1560 g/mol. The zero-order chi connectivity index (χ0) is 86.1. The zero-order valence-corrected chi connectivity index (χ0v) is 73.1. The second kappa shape index (κ2) is 34.8. The van der Waals surface area contributed by atoms with Crippen molar-refractivity contribution in [2.75, 3.05) is 35.8 Å². The van der Waals surface area contributed by atoms with Gasteiger partial charge in [-0.2, -0.15) is 5.10 Å². The van der Waals surface area contributed by atoms with Crippen LogP contribution >= 0.6 is 11.8 Å². The van der Waals surface area contributed by atoms with Crippen molar-refractivity contribution in [3.8, 4) is 11.5 Å². The van der Waals surface area contributed by atoms with E-state index in [1.165, 1.54) is 163 Å². The molecule has 3 aliphatic heterocycles. The van der Waals surface area contributed by atoms with Gasteiger partial charge in [-0.1, -0.05) is 279 Å². The van der Waals surface area contributed by atoms with E-state index < -0.39 is 0 Å². The molecule has 0 N–H and O–H groups in total. The van der Waals surface area contributed by atoms with E-state index >= 15 is 0 Å². The normalized spacial score (nSPS) is 12.0. The maximum Gasteiger partial charge on any atom is 0.151 e. The van der Waals surface area contributed by atoms with Crippen molar-refractivity contribution in [2.24, 2.45) is 35.2 Å². The van der Waals surface area contributed by atoms with Gasteiger partial charge in [0.05, 0.1) is 61.5 Å². The van der Waals surface area contributed by atoms with Crippen LogP contribution in [0.25, 0.3) is 143 Å². The summed E-state index contributed by atoms with van der Waals surface area (Å²) in [5.41, 5.74) is 23.1. The summed E-state index contributed by atoms with van der Waals surface area (Å²) in [5, 5.41) is 22.7. The predicted molar refractivity (Wildman–Crippen MR) is 536 cm³/mol. The van der Waals surface area contributed by atoms with E-state index in [1.54, 1.807) is 0 Å². The van der Waals surface area contributed by atoms with E-state index in [2.05, 4.69) is 450 Å². The maximum atomic E-state index is 5.81. The lowest BCUT2D eigenvalue weighted by Crippen LogP contribution is -2.15. The molecule has 9 heterocycles. The molecule has 26 rings (SSSR count). The van der Waals surface area contributed by atoms with Crippen molar-refractivity contribution in [1.29, 1.82) is 0 Å². The average Bonchev–Trinajstić information content (AvgIpc) is 1.59. The van der Waals surface area contributed by atoms with Crippen LogP contribution in [0.2, 0.25) is 0 Å². The lowest BCUT2D eigenvalue weighted by Gasteiger charge is -2.29. The number of hydrogen-bond acceptors (Lipinski definition) is 8. The highest BCUT2D eigenvalue weighted by atomic mass is 32.2. The Bertz CT molecular complexity index is 7760. The zero-order valence-electron chi connectivity index (χ0n) is 72.3. The maximum absolute atomic E-state index is 5.81. The highest BCUT2D eigenvalue weighted by Gasteiger charge is 2.23. The third kappa shape index (κ3) is 15.3. The van der Waals surface area contributed by atoms with Gasteiger partial charge in [0, 0.05) is 144 Å². The van der Waals surface area contributed by atoms with Gasteiger partial charge in [0.15, 0.2) is 11.5 Å². The van der Waals surface area contributed by atoms with Gasteiger partial charge in [0.25, 0.3) is 0 Å². The van der Waals surface area contributed by atoms with Gasteiger partial charge in [0.1, 0.15) is 5.82 Å². The number of hydrogen-bond donors (Lipinski definition) is 0. The van der Waals surface area contributed by atoms with Crippen LogP contribution in [0.15, 0.2) is 392 Å². The number of aromatic nitrogens is 8. The molecule has 126 heavy (non-hydrogen) atoms. The SMILES string of the molecule is CN1c2ccccc2C=Cc2ccccc21.CN1c2ccccc2Oc2ccccc21.CN1c2ccccc2Sc2ccccc21.Cc1nc2c3ccccc3ccc2n1C.Cc1nn(C)c2ccc3ccccc3c12.Cn1c2ccccc2c2c3ccccc3ccc21.Cn1c2ccccc2c2cc3ccccc3cc21.Cn1c2ccccc2c2ncccc21. The minimum absolute atomic E-state index is 0.915. The summed E-state index contributed by atoms with van der Waals surface area (Å²) in [6, 6.07) is 131. The molecule has 0 aliphatic carbocycles. The number of para-hydroxylation sites is 11.